The van der Waals surface area contributed by atoms with Crippen LogP contribution in [0.15, 0.2) is 29.2 Å². The molecule has 2 rings (SSSR count). The summed E-state index contributed by atoms with van der Waals surface area (Å²) in [5, 5.41) is 0. The van der Waals surface area contributed by atoms with Gasteiger partial charge in [0.1, 0.15) is 0 Å². The third-order valence-corrected chi connectivity index (χ3v) is 5.75. The minimum absolute atomic E-state index is 0.0263. The molecule has 1 aliphatic rings. The van der Waals surface area contributed by atoms with Crippen molar-refractivity contribution in [1.82, 2.24) is 14.1 Å². The monoisotopic (exact) mass is 325 g/mol. The van der Waals surface area contributed by atoms with Crippen LogP contribution in [0.1, 0.15) is 10.4 Å². The van der Waals surface area contributed by atoms with Crippen LogP contribution < -0.4 is 0 Å². The molecular formula is C15H23N3O3S. The fourth-order valence-corrected chi connectivity index (χ4v) is 3.23. The Morgan fingerprint density at radius 2 is 1.64 bits per heavy atom. The molecule has 122 valence electrons. The number of rotatable bonds is 5. The van der Waals surface area contributed by atoms with Gasteiger partial charge in [0.15, 0.2) is 5.78 Å². The van der Waals surface area contributed by atoms with Gasteiger partial charge in [0.25, 0.3) is 0 Å². The van der Waals surface area contributed by atoms with Crippen LogP contribution in [0, 0.1) is 0 Å². The summed E-state index contributed by atoms with van der Waals surface area (Å²) in [6, 6.07) is 6.17. The van der Waals surface area contributed by atoms with E-state index >= 15 is 0 Å². The lowest BCUT2D eigenvalue weighted by molar-refractivity contribution is 0.0876. The Balaban J connectivity index is 2.03. The largest absolute Gasteiger partial charge is 0.304 e. The second-order valence-corrected chi connectivity index (χ2v) is 7.97. The van der Waals surface area contributed by atoms with Crippen molar-refractivity contribution in [2.75, 3.05) is 53.9 Å². The number of hydrogen-bond donors (Lipinski definition) is 0. The summed E-state index contributed by atoms with van der Waals surface area (Å²) in [5.74, 6) is 0.0263. The predicted octanol–water partition coefficient (Wildman–Crippen LogP) is 0.367. The summed E-state index contributed by atoms with van der Waals surface area (Å²) in [4.78, 5) is 16.8. The molecule has 0 unspecified atom stereocenters. The molecule has 0 spiro atoms. The zero-order chi connectivity index (χ0) is 16.3. The lowest BCUT2D eigenvalue weighted by Gasteiger charge is -2.31. The normalized spacial score (nSPS) is 17.8. The van der Waals surface area contributed by atoms with E-state index in [9.17, 15) is 13.2 Å². The highest BCUT2D eigenvalue weighted by Gasteiger charge is 2.19. The number of carbonyl (C=O) groups is 1. The van der Waals surface area contributed by atoms with E-state index < -0.39 is 10.0 Å². The van der Waals surface area contributed by atoms with E-state index in [0.717, 1.165) is 30.5 Å². The van der Waals surface area contributed by atoms with Gasteiger partial charge in [0.2, 0.25) is 10.0 Å². The number of sulfonamides is 1. The maximum atomic E-state index is 12.3. The van der Waals surface area contributed by atoms with Crippen molar-refractivity contribution < 1.29 is 13.2 Å². The highest BCUT2D eigenvalue weighted by Crippen LogP contribution is 2.14. The van der Waals surface area contributed by atoms with Gasteiger partial charge in [-0.05, 0) is 19.2 Å². The molecule has 0 aliphatic carbocycles. The number of carbonyl (C=O) groups excluding carboxylic acids is 1. The molecule has 1 saturated heterocycles. The molecule has 0 atom stereocenters. The van der Waals surface area contributed by atoms with Crippen LogP contribution in [0.4, 0.5) is 0 Å². The minimum atomic E-state index is -3.45. The van der Waals surface area contributed by atoms with Crippen molar-refractivity contribution in [3.63, 3.8) is 0 Å². The molecule has 0 saturated carbocycles. The first-order valence-corrected chi connectivity index (χ1v) is 8.71. The number of likely N-dealkylation sites (N-methyl/N-ethyl adjacent to an activating group) is 1. The number of Topliss-reactive ketones (excluding diaryl/α,β-unsaturated/α-hetero) is 1. The van der Waals surface area contributed by atoms with Crippen molar-refractivity contribution in [1.29, 1.82) is 0 Å². The van der Waals surface area contributed by atoms with Crippen molar-refractivity contribution in [2.24, 2.45) is 0 Å². The van der Waals surface area contributed by atoms with Crippen LogP contribution in [0.3, 0.4) is 0 Å². The molecule has 1 aromatic carbocycles. The van der Waals surface area contributed by atoms with E-state index in [0.29, 0.717) is 12.1 Å². The van der Waals surface area contributed by atoms with Gasteiger partial charge in [0.05, 0.1) is 11.4 Å². The van der Waals surface area contributed by atoms with E-state index in [1.807, 2.05) is 0 Å². The van der Waals surface area contributed by atoms with Crippen LogP contribution in [0.5, 0.6) is 0 Å². The molecule has 0 N–H and O–H groups in total. The zero-order valence-electron chi connectivity index (χ0n) is 13.3. The maximum Gasteiger partial charge on any atom is 0.242 e. The number of benzene rings is 1. The zero-order valence-corrected chi connectivity index (χ0v) is 14.1. The van der Waals surface area contributed by atoms with Gasteiger partial charge < -0.3 is 4.90 Å². The van der Waals surface area contributed by atoms with Gasteiger partial charge in [-0.1, -0.05) is 12.1 Å². The summed E-state index contributed by atoms with van der Waals surface area (Å²) in [6.45, 7) is 4.08. The number of ketones is 1. The van der Waals surface area contributed by atoms with E-state index in [2.05, 4.69) is 16.8 Å². The molecule has 0 aromatic heterocycles. The molecule has 1 heterocycles. The Morgan fingerprint density at radius 3 is 2.14 bits per heavy atom. The van der Waals surface area contributed by atoms with Crippen LogP contribution in [-0.4, -0.2) is 82.2 Å². The molecule has 0 amide bonds. The Bertz CT molecular complexity index is 618. The molecule has 6 nitrogen and oxygen atoms in total. The van der Waals surface area contributed by atoms with Gasteiger partial charge in [-0.2, -0.15) is 0 Å². The Kier molecular flexibility index (Phi) is 5.33. The summed E-state index contributed by atoms with van der Waals surface area (Å²) in [5.41, 5.74) is 0.552. The van der Waals surface area contributed by atoms with E-state index in [4.69, 9.17) is 0 Å². The summed E-state index contributed by atoms with van der Waals surface area (Å²) in [7, 11) is 1.60. The van der Waals surface area contributed by atoms with E-state index in [1.165, 1.54) is 26.2 Å². The number of piperazine rings is 1. The summed E-state index contributed by atoms with van der Waals surface area (Å²) >= 11 is 0. The molecule has 0 bridgehead atoms. The van der Waals surface area contributed by atoms with Crippen molar-refractivity contribution in [3.05, 3.63) is 29.8 Å². The van der Waals surface area contributed by atoms with Crippen LogP contribution in [0.25, 0.3) is 0 Å². The van der Waals surface area contributed by atoms with Crippen LogP contribution in [-0.2, 0) is 10.0 Å². The first-order chi connectivity index (χ1) is 10.3. The summed E-state index contributed by atoms with van der Waals surface area (Å²) in [6.07, 6.45) is 0. The molecule has 22 heavy (non-hydrogen) atoms. The molecule has 1 aliphatic heterocycles. The van der Waals surface area contributed by atoms with E-state index in [1.54, 1.807) is 12.1 Å². The van der Waals surface area contributed by atoms with Gasteiger partial charge in [-0.25, -0.2) is 12.7 Å². The van der Waals surface area contributed by atoms with Crippen molar-refractivity contribution in [3.8, 4) is 0 Å². The topological polar surface area (TPSA) is 60.9 Å². The average Bonchev–Trinajstić information content (AvgIpc) is 2.49. The maximum absolute atomic E-state index is 12.3. The molecule has 0 radical (unpaired) electrons. The summed E-state index contributed by atoms with van der Waals surface area (Å²) < 4.78 is 25.1. The number of hydrogen-bond acceptors (Lipinski definition) is 5. The minimum Gasteiger partial charge on any atom is -0.304 e. The second kappa shape index (κ2) is 6.87. The quantitative estimate of drug-likeness (QED) is 0.732. The smallest absolute Gasteiger partial charge is 0.242 e. The first kappa shape index (κ1) is 17.1. The lowest BCUT2D eigenvalue weighted by atomic mass is 10.1. The second-order valence-electron chi connectivity index (χ2n) is 5.81. The average molecular weight is 325 g/mol. The fraction of sp³-hybridized carbons (Fsp3) is 0.533. The highest BCUT2D eigenvalue weighted by molar-refractivity contribution is 7.89. The highest BCUT2D eigenvalue weighted by atomic mass is 32.2. The molecule has 1 fully saturated rings. The van der Waals surface area contributed by atoms with Gasteiger partial charge >= 0.3 is 0 Å². The lowest BCUT2D eigenvalue weighted by Crippen LogP contribution is -2.46. The van der Waals surface area contributed by atoms with Crippen molar-refractivity contribution >= 4 is 15.8 Å². The Morgan fingerprint density at radius 1 is 1.09 bits per heavy atom. The van der Waals surface area contributed by atoms with Gasteiger partial charge in [0, 0.05) is 45.8 Å². The fourth-order valence-electron chi connectivity index (χ4n) is 2.32. The molecular weight excluding hydrogens is 302 g/mol. The Hall–Kier alpha value is -1.28. The predicted molar refractivity (Wildman–Crippen MR) is 85.6 cm³/mol. The Labute approximate surface area is 132 Å². The van der Waals surface area contributed by atoms with Gasteiger partial charge in [-0.3, -0.25) is 9.69 Å². The SMILES string of the molecule is CN1CCN(CC(=O)c2ccc(S(=O)(=O)N(C)C)cc2)CC1. The van der Waals surface area contributed by atoms with Crippen LogP contribution in [0.2, 0.25) is 0 Å². The molecule has 7 heteroatoms. The third kappa shape index (κ3) is 3.92. The van der Waals surface area contributed by atoms with Crippen LogP contribution >= 0.6 is 0 Å². The standard InChI is InChI=1S/C15H23N3O3S/c1-16(2)22(20,21)14-6-4-13(5-7-14)15(19)12-18-10-8-17(3)9-11-18/h4-7H,8-12H2,1-3H3. The first-order valence-electron chi connectivity index (χ1n) is 7.27. The van der Waals surface area contributed by atoms with Crippen molar-refractivity contribution in [2.45, 2.75) is 4.90 Å². The number of nitrogens with zero attached hydrogens (tertiary/aromatic N) is 3. The van der Waals surface area contributed by atoms with Gasteiger partial charge in [-0.15, -0.1) is 0 Å². The van der Waals surface area contributed by atoms with E-state index in [-0.39, 0.29) is 10.7 Å². The third-order valence-electron chi connectivity index (χ3n) is 3.92. The molecule has 1 aromatic rings.